The molecule has 0 amide bonds. The monoisotopic (exact) mass is 324 g/mol. The van der Waals surface area contributed by atoms with Gasteiger partial charge >= 0.3 is 0 Å². The molecule has 0 aromatic heterocycles. The molecule has 1 aromatic carbocycles. The van der Waals surface area contributed by atoms with Crippen LogP contribution in [-0.2, 0) is 9.84 Å². The highest BCUT2D eigenvalue weighted by molar-refractivity contribution is 9.11. The summed E-state index contributed by atoms with van der Waals surface area (Å²) in [6, 6.07) is 5.58. The second-order valence-corrected chi connectivity index (χ2v) is 8.05. The van der Waals surface area contributed by atoms with Crippen LogP contribution in [0, 0.1) is 5.82 Å². The molecule has 3 nitrogen and oxygen atoms in total. The molecule has 2 atom stereocenters. The number of rotatable bonds is 4. The standard InChI is InChI=1S/C11H14BrFO3S/c1-3-11(12,17(2,15)16)10(14)8-6-4-5-7-9(8)13/h4-7,10,14H,3H2,1-2H3/t10-,11+/m0/s1. The van der Waals surface area contributed by atoms with Crippen molar-refractivity contribution in [1.29, 1.82) is 0 Å². The molecule has 0 aliphatic rings. The summed E-state index contributed by atoms with van der Waals surface area (Å²) in [6.07, 6.45) is -0.319. The van der Waals surface area contributed by atoms with Crippen LogP contribution in [-0.4, -0.2) is 23.4 Å². The predicted molar refractivity (Wildman–Crippen MR) is 68.2 cm³/mol. The van der Waals surface area contributed by atoms with E-state index >= 15 is 0 Å². The van der Waals surface area contributed by atoms with Crippen molar-refractivity contribution >= 4 is 25.8 Å². The molecule has 0 radical (unpaired) electrons. The molecule has 0 bridgehead atoms. The molecule has 0 heterocycles. The van der Waals surface area contributed by atoms with Crippen LogP contribution in [0.15, 0.2) is 24.3 Å². The zero-order valence-corrected chi connectivity index (χ0v) is 11.9. The minimum Gasteiger partial charge on any atom is -0.386 e. The van der Waals surface area contributed by atoms with E-state index in [2.05, 4.69) is 15.9 Å². The summed E-state index contributed by atoms with van der Waals surface area (Å²) in [7, 11) is -3.58. The third-order valence-electron chi connectivity index (χ3n) is 2.71. The maximum atomic E-state index is 13.5. The lowest BCUT2D eigenvalue weighted by Gasteiger charge is -2.30. The lowest BCUT2D eigenvalue weighted by Crippen LogP contribution is -2.37. The first kappa shape index (κ1) is 14.6. The molecular formula is C11H14BrFO3S. The molecule has 6 heteroatoms. The summed E-state index contributed by atoms with van der Waals surface area (Å²) < 4.78 is 35.3. The Labute approximate surface area is 109 Å². The van der Waals surface area contributed by atoms with Crippen LogP contribution in [0.1, 0.15) is 25.0 Å². The molecule has 1 rings (SSSR count). The summed E-state index contributed by atoms with van der Waals surface area (Å²) in [4.78, 5) is 0. The predicted octanol–water partition coefficient (Wildman–Crippen LogP) is 2.40. The molecule has 0 unspecified atom stereocenters. The first-order valence-electron chi connectivity index (χ1n) is 5.05. The van der Waals surface area contributed by atoms with Crippen LogP contribution in [0.2, 0.25) is 0 Å². The average Bonchev–Trinajstić information content (AvgIpc) is 2.26. The van der Waals surface area contributed by atoms with Gasteiger partial charge in [-0.2, -0.15) is 0 Å². The average molecular weight is 325 g/mol. The number of aliphatic hydroxyl groups is 1. The maximum absolute atomic E-state index is 13.5. The van der Waals surface area contributed by atoms with E-state index < -0.39 is 25.4 Å². The number of hydrogen-bond acceptors (Lipinski definition) is 3. The normalized spacial score (nSPS) is 17.5. The molecule has 1 aromatic rings. The molecule has 0 aliphatic carbocycles. The number of sulfone groups is 1. The number of halogens is 2. The molecular weight excluding hydrogens is 311 g/mol. The molecule has 1 N–H and O–H groups in total. The molecule has 0 spiro atoms. The van der Waals surface area contributed by atoms with Gasteiger partial charge in [-0.1, -0.05) is 41.1 Å². The van der Waals surface area contributed by atoms with Crippen molar-refractivity contribution in [3.05, 3.63) is 35.6 Å². The van der Waals surface area contributed by atoms with E-state index in [1.807, 2.05) is 0 Å². The van der Waals surface area contributed by atoms with Crippen molar-refractivity contribution in [3.63, 3.8) is 0 Å². The lowest BCUT2D eigenvalue weighted by molar-refractivity contribution is 0.155. The first-order chi connectivity index (χ1) is 7.74. The summed E-state index contributed by atoms with van der Waals surface area (Å²) in [6.45, 7) is 1.61. The SMILES string of the molecule is CC[C@](Br)([C@@H](O)c1ccccc1F)S(C)(=O)=O. The number of hydrogen-bond donors (Lipinski definition) is 1. The van der Waals surface area contributed by atoms with Gasteiger partial charge in [0, 0.05) is 11.8 Å². The van der Waals surface area contributed by atoms with Gasteiger partial charge in [0.25, 0.3) is 0 Å². The van der Waals surface area contributed by atoms with Gasteiger partial charge in [-0.05, 0) is 12.5 Å². The van der Waals surface area contributed by atoms with Crippen molar-refractivity contribution in [3.8, 4) is 0 Å². The lowest BCUT2D eigenvalue weighted by atomic mass is 10.0. The van der Waals surface area contributed by atoms with Crippen LogP contribution < -0.4 is 0 Å². The molecule has 0 saturated heterocycles. The van der Waals surface area contributed by atoms with Crippen molar-refractivity contribution in [2.45, 2.75) is 23.1 Å². The Morgan fingerprint density at radius 3 is 2.41 bits per heavy atom. The number of alkyl halides is 1. The Bertz CT molecular complexity index is 503. The smallest absolute Gasteiger partial charge is 0.166 e. The first-order valence-corrected chi connectivity index (χ1v) is 7.73. The summed E-state index contributed by atoms with van der Waals surface area (Å²) >= 11 is 3.04. The molecule has 17 heavy (non-hydrogen) atoms. The number of aliphatic hydroxyl groups excluding tert-OH is 1. The third kappa shape index (κ3) is 2.69. The van der Waals surface area contributed by atoms with Crippen LogP contribution in [0.5, 0.6) is 0 Å². The van der Waals surface area contributed by atoms with E-state index in [0.29, 0.717) is 0 Å². The zero-order chi connectivity index (χ0) is 13.3. The minimum atomic E-state index is -3.58. The van der Waals surface area contributed by atoms with Crippen LogP contribution in [0.25, 0.3) is 0 Å². The topological polar surface area (TPSA) is 54.4 Å². The Morgan fingerprint density at radius 2 is 2.00 bits per heavy atom. The van der Waals surface area contributed by atoms with E-state index in [1.54, 1.807) is 13.0 Å². The largest absolute Gasteiger partial charge is 0.386 e. The van der Waals surface area contributed by atoms with Gasteiger partial charge in [0.15, 0.2) is 13.5 Å². The van der Waals surface area contributed by atoms with Gasteiger partial charge in [-0.3, -0.25) is 0 Å². The fraction of sp³-hybridized carbons (Fsp3) is 0.455. The third-order valence-corrected chi connectivity index (χ3v) is 7.21. The molecule has 96 valence electrons. The van der Waals surface area contributed by atoms with Gasteiger partial charge in [-0.15, -0.1) is 0 Å². The van der Waals surface area contributed by atoms with Gasteiger partial charge in [0.05, 0.1) is 0 Å². The quantitative estimate of drug-likeness (QED) is 0.865. The van der Waals surface area contributed by atoms with Crippen molar-refractivity contribution in [2.24, 2.45) is 0 Å². The highest BCUT2D eigenvalue weighted by Crippen LogP contribution is 2.41. The van der Waals surface area contributed by atoms with E-state index in [0.717, 1.165) is 6.26 Å². The van der Waals surface area contributed by atoms with Crippen LogP contribution >= 0.6 is 15.9 Å². The maximum Gasteiger partial charge on any atom is 0.166 e. The van der Waals surface area contributed by atoms with Crippen molar-refractivity contribution < 1.29 is 17.9 Å². The fourth-order valence-electron chi connectivity index (χ4n) is 1.59. The summed E-state index contributed by atoms with van der Waals surface area (Å²) in [5.74, 6) is -0.624. The highest BCUT2D eigenvalue weighted by atomic mass is 79.9. The fourth-order valence-corrected chi connectivity index (χ4v) is 2.89. The number of benzene rings is 1. The van der Waals surface area contributed by atoms with Gasteiger partial charge < -0.3 is 5.11 Å². The van der Waals surface area contributed by atoms with Crippen LogP contribution in [0.3, 0.4) is 0 Å². The van der Waals surface area contributed by atoms with Crippen molar-refractivity contribution in [2.75, 3.05) is 6.26 Å². The van der Waals surface area contributed by atoms with E-state index in [1.165, 1.54) is 18.2 Å². The second-order valence-electron chi connectivity index (χ2n) is 3.84. The van der Waals surface area contributed by atoms with E-state index in [-0.39, 0.29) is 12.0 Å². The summed E-state index contributed by atoms with van der Waals surface area (Å²) in [5, 5.41) is 10.1. The Kier molecular flexibility index (Phi) is 4.33. The van der Waals surface area contributed by atoms with Crippen molar-refractivity contribution in [1.82, 2.24) is 0 Å². The molecule has 0 saturated carbocycles. The van der Waals surface area contributed by atoms with E-state index in [4.69, 9.17) is 0 Å². The van der Waals surface area contributed by atoms with Gasteiger partial charge in [0.2, 0.25) is 0 Å². The summed E-state index contributed by atoms with van der Waals surface area (Å²) in [5.41, 5.74) is -0.0309. The Morgan fingerprint density at radius 1 is 1.47 bits per heavy atom. The second kappa shape index (κ2) is 5.04. The Hall–Kier alpha value is -0.460. The highest BCUT2D eigenvalue weighted by Gasteiger charge is 2.45. The molecule has 0 fully saturated rings. The van der Waals surface area contributed by atoms with Gasteiger partial charge in [-0.25, -0.2) is 12.8 Å². The van der Waals surface area contributed by atoms with E-state index in [9.17, 15) is 17.9 Å². The Balaban J connectivity index is 3.29. The molecule has 0 aliphatic heterocycles. The minimum absolute atomic E-state index is 0.0309. The zero-order valence-electron chi connectivity index (χ0n) is 9.52. The van der Waals surface area contributed by atoms with Crippen LogP contribution in [0.4, 0.5) is 4.39 Å². The van der Waals surface area contributed by atoms with Gasteiger partial charge in [0.1, 0.15) is 11.9 Å².